The molecule has 0 aliphatic carbocycles. The van der Waals surface area contributed by atoms with Crippen LogP contribution >= 0.6 is 23.2 Å². The molecular weight excluding hydrogens is 307 g/mol. The molecule has 0 radical (unpaired) electrons. The summed E-state index contributed by atoms with van der Waals surface area (Å²) in [5, 5.41) is 9.70. The van der Waals surface area contributed by atoms with Crippen molar-refractivity contribution in [1.82, 2.24) is 4.90 Å². The molecule has 0 spiro atoms. The summed E-state index contributed by atoms with van der Waals surface area (Å²) in [6, 6.07) is 7.81. The van der Waals surface area contributed by atoms with Gasteiger partial charge in [0, 0.05) is 19.5 Å². The van der Waals surface area contributed by atoms with Crippen LogP contribution < -0.4 is 0 Å². The Bertz CT molecular complexity index is 494. The van der Waals surface area contributed by atoms with Gasteiger partial charge in [0.2, 0.25) is 0 Å². The lowest BCUT2D eigenvalue weighted by Gasteiger charge is -2.31. The summed E-state index contributed by atoms with van der Waals surface area (Å²) in [7, 11) is 0. The molecule has 0 amide bonds. The van der Waals surface area contributed by atoms with Crippen LogP contribution in [0.5, 0.6) is 0 Å². The lowest BCUT2D eigenvalue weighted by molar-refractivity contribution is -0.00249. The predicted molar refractivity (Wildman–Crippen MR) is 85.6 cm³/mol. The second-order valence-electron chi connectivity index (χ2n) is 5.36. The first kappa shape index (κ1) is 16.6. The Hall–Kier alpha value is -0.790. The summed E-state index contributed by atoms with van der Waals surface area (Å²) in [4.78, 5) is 2.41. The van der Waals surface area contributed by atoms with Crippen LogP contribution in [0.15, 0.2) is 18.2 Å². The van der Waals surface area contributed by atoms with E-state index in [9.17, 15) is 0 Å². The van der Waals surface area contributed by atoms with Gasteiger partial charge in [0.1, 0.15) is 0 Å². The van der Waals surface area contributed by atoms with E-state index >= 15 is 0 Å². The molecule has 0 N–H and O–H groups in total. The summed E-state index contributed by atoms with van der Waals surface area (Å²) in [6.45, 7) is 3.71. The standard InChI is InChI=1S/C16H20Cl2N2O/c17-15-4-3-13(11-16(15)18)12-21-14-5-9-20(10-6-14)8-2-1-7-19/h3-4,11,14H,1-2,5-6,8-10,12H2. The largest absolute Gasteiger partial charge is 0.373 e. The van der Waals surface area contributed by atoms with Crippen LogP contribution in [0.4, 0.5) is 0 Å². The molecule has 1 aliphatic rings. The van der Waals surface area contributed by atoms with Crippen molar-refractivity contribution in [3.05, 3.63) is 33.8 Å². The van der Waals surface area contributed by atoms with E-state index < -0.39 is 0 Å². The summed E-state index contributed by atoms with van der Waals surface area (Å²) in [5.74, 6) is 0. The molecule has 0 atom stereocenters. The number of likely N-dealkylation sites (tertiary alicyclic amines) is 1. The van der Waals surface area contributed by atoms with Gasteiger partial charge in [-0.05, 0) is 43.5 Å². The highest BCUT2D eigenvalue weighted by atomic mass is 35.5. The Morgan fingerprint density at radius 2 is 2.00 bits per heavy atom. The van der Waals surface area contributed by atoms with Crippen molar-refractivity contribution in [3.63, 3.8) is 0 Å². The molecule has 0 unspecified atom stereocenters. The molecule has 1 aromatic carbocycles. The van der Waals surface area contributed by atoms with Gasteiger partial charge in [0.25, 0.3) is 0 Å². The van der Waals surface area contributed by atoms with Gasteiger partial charge in [-0.25, -0.2) is 0 Å². The molecule has 1 heterocycles. The van der Waals surface area contributed by atoms with Crippen LogP contribution in [0, 0.1) is 11.3 Å². The van der Waals surface area contributed by atoms with Crippen molar-refractivity contribution in [3.8, 4) is 6.07 Å². The molecule has 5 heteroatoms. The molecule has 21 heavy (non-hydrogen) atoms. The van der Waals surface area contributed by atoms with Crippen molar-refractivity contribution < 1.29 is 4.74 Å². The second-order valence-corrected chi connectivity index (χ2v) is 6.18. The number of halogens is 2. The highest BCUT2D eigenvalue weighted by Gasteiger charge is 2.19. The third-order valence-corrected chi connectivity index (χ3v) is 4.51. The zero-order chi connectivity index (χ0) is 15.1. The number of unbranched alkanes of at least 4 members (excludes halogenated alkanes) is 1. The van der Waals surface area contributed by atoms with E-state index in [0.717, 1.165) is 44.5 Å². The molecule has 114 valence electrons. The van der Waals surface area contributed by atoms with Crippen LogP contribution in [0.3, 0.4) is 0 Å². The van der Waals surface area contributed by atoms with Gasteiger partial charge >= 0.3 is 0 Å². The summed E-state index contributed by atoms with van der Waals surface area (Å²) in [5.41, 5.74) is 1.06. The van der Waals surface area contributed by atoms with E-state index in [0.29, 0.717) is 29.2 Å². The van der Waals surface area contributed by atoms with Crippen molar-refractivity contribution in [2.75, 3.05) is 19.6 Å². The van der Waals surface area contributed by atoms with E-state index in [-0.39, 0.29) is 0 Å². The fourth-order valence-electron chi connectivity index (χ4n) is 2.52. The Labute approximate surface area is 136 Å². The number of ether oxygens (including phenoxy) is 1. The number of hydrogen-bond acceptors (Lipinski definition) is 3. The number of nitrogens with zero attached hydrogens (tertiary/aromatic N) is 2. The monoisotopic (exact) mass is 326 g/mol. The van der Waals surface area contributed by atoms with Gasteiger partial charge in [-0.1, -0.05) is 29.3 Å². The Kier molecular flexibility index (Phi) is 6.79. The number of nitriles is 1. The van der Waals surface area contributed by atoms with E-state index in [1.807, 2.05) is 12.1 Å². The molecule has 1 aliphatic heterocycles. The molecule has 0 aromatic heterocycles. The predicted octanol–water partition coefficient (Wildman–Crippen LogP) is 4.28. The molecule has 0 saturated carbocycles. The maximum absolute atomic E-state index is 8.55. The summed E-state index contributed by atoms with van der Waals surface area (Å²) < 4.78 is 5.96. The minimum Gasteiger partial charge on any atom is -0.373 e. The number of benzene rings is 1. The minimum absolute atomic E-state index is 0.312. The molecular formula is C16H20Cl2N2O. The van der Waals surface area contributed by atoms with Crippen LogP contribution in [0.1, 0.15) is 31.2 Å². The van der Waals surface area contributed by atoms with E-state index in [2.05, 4.69) is 11.0 Å². The third kappa shape index (κ3) is 5.48. The van der Waals surface area contributed by atoms with Crippen LogP contribution in [-0.2, 0) is 11.3 Å². The Balaban J connectivity index is 1.69. The average molecular weight is 327 g/mol. The summed E-state index contributed by atoms with van der Waals surface area (Å²) in [6.07, 6.45) is 4.02. The highest BCUT2D eigenvalue weighted by molar-refractivity contribution is 6.42. The van der Waals surface area contributed by atoms with Crippen molar-refractivity contribution in [2.24, 2.45) is 0 Å². The van der Waals surface area contributed by atoms with Gasteiger partial charge in [-0.15, -0.1) is 0 Å². The van der Waals surface area contributed by atoms with E-state index in [1.54, 1.807) is 6.07 Å². The molecule has 3 nitrogen and oxygen atoms in total. The summed E-state index contributed by atoms with van der Waals surface area (Å²) >= 11 is 11.9. The Morgan fingerprint density at radius 1 is 1.24 bits per heavy atom. The topological polar surface area (TPSA) is 36.3 Å². The SMILES string of the molecule is N#CCCCN1CCC(OCc2ccc(Cl)c(Cl)c2)CC1. The normalized spacial score (nSPS) is 16.8. The average Bonchev–Trinajstić information content (AvgIpc) is 2.50. The zero-order valence-corrected chi connectivity index (χ0v) is 13.5. The first-order chi connectivity index (χ1) is 10.2. The van der Waals surface area contributed by atoms with Gasteiger partial charge in [0.15, 0.2) is 0 Å². The molecule has 1 saturated heterocycles. The van der Waals surface area contributed by atoms with Gasteiger partial charge < -0.3 is 9.64 Å². The van der Waals surface area contributed by atoms with Gasteiger partial charge in [-0.2, -0.15) is 5.26 Å². The van der Waals surface area contributed by atoms with E-state index in [4.69, 9.17) is 33.2 Å². The molecule has 0 bridgehead atoms. The Morgan fingerprint density at radius 3 is 2.67 bits per heavy atom. The van der Waals surface area contributed by atoms with Crippen molar-refractivity contribution in [1.29, 1.82) is 5.26 Å². The van der Waals surface area contributed by atoms with Crippen molar-refractivity contribution in [2.45, 2.75) is 38.4 Å². The maximum atomic E-state index is 8.55. The lowest BCUT2D eigenvalue weighted by Crippen LogP contribution is -2.37. The van der Waals surface area contributed by atoms with Crippen molar-refractivity contribution >= 4 is 23.2 Å². The second kappa shape index (κ2) is 8.60. The highest BCUT2D eigenvalue weighted by Crippen LogP contribution is 2.24. The number of hydrogen-bond donors (Lipinski definition) is 0. The molecule has 1 aromatic rings. The minimum atomic E-state index is 0.312. The fraction of sp³-hybridized carbons (Fsp3) is 0.562. The fourth-order valence-corrected chi connectivity index (χ4v) is 2.85. The van der Waals surface area contributed by atoms with Crippen LogP contribution in [0.25, 0.3) is 0 Å². The van der Waals surface area contributed by atoms with Crippen LogP contribution in [-0.4, -0.2) is 30.6 Å². The maximum Gasteiger partial charge on any atom is 0.0721 e. The zero-order valence-electron chi connectivity index (χ0n) is 12.0. The first-order valence-corrected chi connectivity index (χ1v) is 8.09. The van der Waals surface area contributed by atoms with E-state index in [1.165, 1.54) is 0 Å². The first-order valence-electron chi connectivity index (χ1n) is 7.34. The molecule has 1 fully saturated rings. The third-order valence-electron chi connectivity index (χ3n) is 3.77. The number of piperidine rings is 1. The van der Waals surface area contributed by atoms with Gasteiger partial charge in [-0.3, -0.25) is 0 Å². The number of rotatable bonds is 6. The quantitative estimate of drug-likeness (QED) is 0.732. The van der Waals surface area contributed by atoms with Crippen LogP contribution in [0.2, 0.25) is 10.0 Å². The lowest BCUT2D eigenvalue weighted by atomic mass is 10.1. The molecule has 2 rings (SSSR count). The van der Waals surface area contributed by atoms with Gasteiger partial charge in [0.05, 0.1) is 28.8 Å². The smallest absolute Gasteiger partial charge is 0.0721 e.